The van der Waals surface area contributed by atoms with Crippen molar-refractivity contribution in [3.8, 4) is 0 Å². The van der Waals surface area contributed by atoms with Gasteiger partial charge in [0.05, 0.1) is 18.8 Å². The first kappa shape index (κ1) is 23.1. The van der Waals surface area contributed by atoms with Crippen molar-refractivity contribution in [1.82, 2.24) is 21.3 Å². The molecule has 3 amide bonds. The number of aliphatic carboxylic acids is 1. The Bertz CT molecular complexity index is 554. The highest BCUT2D eigenvalue weighted by atomic mass is 32.1. The maximum Gasteiger partial charge on any atom is 0.327 e. The van der Waals surface area contributed by atoms with Crippen molar-refractivity contribution < 1.29 is 34.5 Å². The standard InChI is InChI=1S/C15H26N4O7S/c1-7(21)11(19-12(22)8-3-2-4-16-8)14(24)17-9(5-20)13(23)18-10(6-27)15(25)26/h7-11,16,20-21,27H,2-6H2,1H3,(H,17,24)(H,18,23)(H,19,22)(H,25,26). The van der Waals surface area contributed by atoms with Crippen LogP contribution in [0.15, 0.2) is 0 Å². The van der Waals surface area contributed by atoms with Crippen LogP contribution in [0.5, 0.6) is 0 Å². The van der Waals surface area contributed by atoms with Gasteiger partial charge in [0, 0.05) is 5.75 Å². The molecule has 27 heavy (non-hydrogen) atoms. The van der Waals surface area contributed by atoms with E-state index in [4.69, 9.17) is 5.11 Å². The van der Waals surface area contributed by atoms with Crippen LogP contribution in [0.25, 0.3) is 0 Å². The number of amides is 3. The second-order valence-electron chi connectivity index (χ2n) is 6.20. The van der Waals surface area contributed by atoms with E-state index < -0.39 is 60.6 Å². The zero-order valence-electron chi connectivity index (χ0n) is 14.8. The molecule has 1 heterocycles. The number of rotatable bonds is 10. The van der Waals surface area contributed by atoms with E-state index in [1.54, 1.807) is 0 Å². The molecule has 5 atom stereocenters. The van der Waals surface area contributed by atoms with Gasteiger partial charge in [0.15, 0.2) is 0 Å². The lowest BCUT2D eigenvalue weighted by Gasteiger charge is -2.25. The van der Waals surface area contributed by atoms with Crippen LogP contribution < -0.4 is 21.3 Å². The summed E-state index contributed by atoms with van der Waals surface area (Å²) in [5, 5.41) is 37.8. The van der Waals surface area contributed by atoms with Crippen LogP contribution in [0.4, 0.5) is 0 Å². The van der Waals surface area contributed by atoms with Crippen molar-refractivity contribution >= 4 is 36.3 Å². The maximum absolute atomic E-state index is 12.4. The van der Waals surface area contributed by atoms with Gasteiger partial charge in [-0.3, -0.25) is 14.4 Å². The molecule has 154 valence electrons. The van der Waals surface area contributed by atoms with Crippen molar-refractivity contribution in [2.24, 2.45) is 0 Å². The Morgan fingerprint density at radius 2 is 1.78 bits per heavy atom. The SMILES string of the molecule is CC(O)C(NC(=O)C1CCCN1)C(=O)NC(CO)C(=O)NC(CS)C(=O)O. The highest BCUT2D eigenvalue weighted by molar-refractivity contribution is 7.80. The Kier molecular flexibility index (Phi) is 9.49. The molecule has 1 saturated heterocycles. The summed E-state index contributed by atoms with van der Waals surface area (Å²) in [6.07, 6.45) is 0.149. The normalized spacial score (nSPS) is 20.8. The van der Waals surface area contributed by atoms with Crippen molar-refractivity contribution in [2.75, 3.05) is 18.9 Å². The quantitative estimate of drug-likeness (QED) is 0.173. The van der Waals surface area contributed by atoms with E-state index >= 15 is 0 Å². The number of carbonyl (C=O) groups is 4. The average Bonchev–Trinajstić information content (AvgIpc) is 3.15. The molecule has 0 aromatic carbocycles. The number of hydrogen-bond donors (Lipinski definition) is 8. The molecule has 1 fully saturated rings. The summed E-state index contributed by atoms with van der Waals surface area (Å²) < 4.78 is 0. The maximum atomic E-state index is 12.4. The van der Waals surface area contributed by atoms with Crippen LogP contribution in [0.2, 0.25) is 0 Å². The summed E-state index contributed by atoms with van der Waals surface area (Å²) in [7, 11) is 0. The first-order valence-corrected chi connectivity index (χ1v) is 9.11. The van der Waals surface area contributed by atoms with Gasteiger partial charge in [-0.2, -0.15) is 12.6 Å². The topological polar surface area (TPSA) is 177 Å². The number of thiol groups is 1. The molecular formula is C15H26N4O7S. The molecule has 0 spiro atoms. The summed E-state index contributed by atoms with van der Waals surface area (Å²) in [6.45, 7) is 1.16. The van der Waals surface area contributed by atoms with Gasteiger partial charge >= 0.3 is 5.97 Å². The lowest BCUT2D eigenvalue weighted by atomic mass is 10.1. The van der Waals surface area contributed by atoms with E-state index in [1.807, 2.05) is 0 Å². The van der Waals surface area contributed by atoms with E-state index in [9.17, 15) is 29.4 Å². The Morgan fingerprint density at radius 1 is 1.15 bits per heavy atom. The molecule has 1 aliphatic heterocycles. The lowest BCUT2D eigenvalue weighted by molar-refractivity contribution is -0.142. The molecule has 0 aromatic heterocycles. The van der Waals surface area contributed by atoms with Crippen molar-refractivity contribution in [2.45, 2.75) is 50.0 Å². The molecule has 1 rings (SSSR count). The van der Waals surface area contributed by atoms with Crippen LogP contribution in [0, 0.1) is 0 Å². The minimum Gasteiger partial charge on any atom is -0.480 e. The fourth-order valence-corrected chi connectivity index (χ4v) is 2.73. The zero-order chi connectivity index (χ0) is 20.6. The van der Waals surface area contributed by atoms with E-state index in [0.717, 1.165) is 6.42 Å². The van der Waals surface area contributed by atoms with Gasteiger partial charge in [0.2, 0.25) is 17.7 Å². The lowest BCUT2D eigenvalue weighted by Crippen LogP contribution is -2.60. The van der Waals surface area contributed by atoms with Gasteiger partial charge in [-0.1, -0.05) is 0 Å². The van der Waals surface area contributed by atoms with Crippen LogP contribution in [0.3, 0.4) is 0 Å². The molecule has 0 aromatic rings. The fourth-order valence-electron chi connectivity index (χ4n) is 2.48. The van der Waals surface area contributed by atoms with E-state index in [0.29, 0.717) is 13.0 Å². The molecule has 0 radical (unpaired) electrons. The van der Waals surface area contributed by atoms with E-state index in [1.165, 1.54) is 6.92 Å². The predicted octanol–water partition coefficient (Wildman–Crippen LogP) is -3.42. The molecule has 0 aliphatic carbocycles. The molecule has 7 N–H and O–H groups in total. The molecule has 12 heteroatoms. The monoisotopic (exact) mass is 406 g/mol. The number of aliphatic hydroxyl groups is 2. The van der Waals surface area contributed by atoms with Crippen LogP contribution in [0.1, 0.15) is 19.8 Å². The molecule has 0 bridgehead atoms. The van der Waals surface area contributed by atoms with Crippen molar-refractivity contribution in [3.05, 3.63) is 0 Å². The summed E-state index contributed by atoms with van der Waals surface area (Å²) in [6, 6.07) is -4.57. The van der Waals surface area contributed by atoms with Crippen molar-refractivity contribution in [1.29, 1.82) is 0 Å². The Hall–Kier alpha value is -1.89. The van der Waals surface area contributed by atoms with Crippen LogP contribution >= 0.6 is 12.6 Å². The van der Waals surface area contributed by atoms with Gasteiger partial charge < -0.3 is 36.6 Å². The third kappa shape index (κ3) is 6.97. The first-order valence-electron chi connectivity index (χ1n) is 8.48. The third-order valence-electron chi connectivity index (χ3n) is 4.05. The van der Waals surface area contributed by atoms with Crippen LogP contribution in [-0.2, 0) is 19.2 Å². The van der Waals surface area contributed by atoms with Crippen LogP contribution in [-0.4, -0.2) is 88.2 Å². The number of carboxylic acids is 1. The Morgan fingerprint density at radius 3 is 2.22 bits per heavy atom. The molecule has 1 aliphatic rings. The summed E-state index contributed by atoms with van der Waals surface area (Å²) in [5.74, 6) is -3.78. The van der Waals surface area contributed by atoms with E-state index in [2.05, 4.69) is 33.9 Å². The average molecular weight is 406 g/mol. The predicted molar refractivity (Wildman–Crippen MR) is 97.1 cm³/mol. The number of carbonyl (C=O) groups excluding carboxylic acids is 3. The Balaban J connectivity index is 2.72. The zero-order valence-corrected chi connectivity index (χ0v) is 15.7. The smallest absolute Gasteiger partial charge is 0.327 e. The van der Waals surface area contributed by atoms with Gasteiger partial charge in [-0.05, 0) is 26.3 Å². The molecule has 5 unspecified atom stereocenters. The first-order chi connectivity index (χ1) is 12.7. The van der Waals surface area contributed by atoms with Gasteiger partial charge in [-0.25, -0.2) is 4.79 Å². The number of nitrogens with one attached hydrogen (secondary N) is 4. The summed E-state index contributed by atoms with van der Waals surface area (Å²) in [4.78, 5) is 47.5. The molecule has 0 saturated carbocycles. The highest BCUT2D eigenvalue weighted by Gasteiger charge is 2.33. The number of aliphatic hydroxyl groups excluding tert-OH is 2. The van der Waals surface area contributed by atoms with Gasteiger partial charge in [0.1, 0.15) is 18.1 Å². The fraction of sp³-hybridized carbons (Fsp3) is 0.733. The third-order valence-corrected chi connectivity index (χ3v) is 4.42. The Labute approximate surface area is 161 Å². The minimum atomic E-state index is -1.46. The van der Waals surface area contributed by atoms with Gasteiger partial charge in [0.25, 0.3) is 0 Å². The minimum absolute atomic E-state index is 0.187. The molecule has 11 nitrogen and oxygen atoms in total. The van der Waals surface area contributed by atoms with Gasteiger partial charge in [-0.15, -0.1) is 0 Å². The summed E-state index contributed by atoms with van der Waals surface area (Å²) >= 11 is 3.81. The largest absolute Gasteiger partial charge is 0.480 e. The highest BCUT2D eigenvalue weighted by Crippen LogP contribution is 2.06. The summed E-state index contributed by atoms with van der Waals surface area (Å²) in [5.41, 5.74) is 0. The molecular weight excluding hydrogens is 380 g/mol. The second-order valence-corrected chi connectivity index (χ2v) is 6.57. The number of hydrogen-bond acceptors (Lipinski definition) is 8. The second kappa shape index (κ2) is 11.1. The number of carboxylic acid groups (broad SMARTS) is 1. The van der Waals surface area contributed by atoms with E-state index in [-0.39, 0.29) is 5.75 Å². The van der Waals surface area contributed by atoms with Crippen molar-refractivity contribution in [3.63, 3.8) is 0 Å².